The van der Waals surface area contributed by atoms with E-state index in [1.54, 1.807) is 6.07 Å². The molecule has 0 saturated heterocycles. The number of anilines is 2. The minimum atomic E-state index is -0.238. The molecule has 1 aromatic carbocycles. The second-order valence-corrected chi connectivity index (χ2v) is 4.60. The molecule has 1 aromatic rings. The van der Waals surface area contributed by atoms with Gasteiger partial charge in [-0.15, -0.1) is 0 Å². The van der Waals surface area contributed by atoms with Gasteiger partial charge in [-0.3, -0.25) is 0 Å². The highest BCUT2D eigenvalue weighted by Crippen LogP contribution is 2.27. The summed E-state index contributed by atoms with van der Waals surface area (Å²) in [7, 11) is 0. The van der Waals surface area contributed by atoms with Crippen molar-refractivity contribution < 1.29 is 4.39 Å². The number of hydrogen-bond donors (Lipinski definition) is 2. The highest BCUT2D eigenvalue weighted by molar-refractivity contribution is 5.65. The van der Waals surface area contributed by atoms with Crippen LogP contribution in [0.5, 0.6) is 0 Å². The van der Waals surface area contributed by atoms with Crippen molar-refractivity contribution in [1.82, 2.24) is 0 Å². The van der Waals surface area contributed by atoms with Crippen molar-refractivity contribution in [2.24, 2.45) is 5.92 Å². The normalized spacial score (nSPS) is 16.6. The van der Waals surface area contributed by atoms with Gasteiger partial charge in [-0.25, -0.2) is 4.39 Å². The van der Waals surface area contributed by atoms with Gasteiger partial charge in [0.15, 0.2) is 0 Å². The van der Waals surface area contributed by atoms with Gasteiger partial charge in [0.1, 0.15) is 5.82 Å². The predicted molar refractivity (Wildman–Crippen MR) is 65.9 cm³/mol. The lowest BCUT2D eigenvalue weighted by Gasteiger charge is -2.12. The van der Waals surface area contributed by atoms with Crippen molar-refractivity contribution in [2.45, 2.75) is 32.1 Å². The van der Waals surface area contributed by atoms with Gasteiger partial charge in [0.25, 0.3) is 0 Å². The highest BCUT2D eigenvalue weighted by atomic mass is 19.1. The van der Waals surface area contributed by atoms with Gasteiger partial charge in [0, 0.05) is 6.54 Å². The molecule has 1 aliphatic rings. The van der Waals surface area contributed by atoms with Gasteiger partial charge >= 0.3 is 0 Å². The number of nitrogens with one attached hydrogen (secondary N) is 1. The van der Waals surface area contributed by atoms with Crippen molar-refractivity contribution in [1.29, 1.82) is 0 Å². The van der Waals surface area contributed by atoms with Crippen molar-refractivity contribution in [2.75, 3.05) is 17.6 Å². The van der Waals surface area contributed by atoms with Crippen LogP contribution in [0.4, 0.5) is 15.8 Å². The van der Waals surface area contributed by atoms with Crippen LogP contribution in [0.1, 0.15) is 32.1 Å². The zero-order valence-electron chi connectivity index (χ0n) is 9.51. The van der Waals surface area contributed by atoms with Gasteiger partial charge in [-0.1, -0.05) is 25.7 Å². The van der Waals surface area contributed by atoms with Crippen LogP contribution < -0.4 is 11.1 Å². The first kappa shape index (κ1) is 11.2. The maximum absolute atomic E-state index is 13.0. The molecule has 0 spiro atoms. The molecule has 0 aromatic heterocycles. The fraction of sp³-hybridized carbons (Fsp3) is 0.538. The third kappa shape index (κ3) is 2.87. The Balaban J connectivity index is 1.82. The molecule has 0 aliphatic heterocycles. The summed E-state index contributed by atoms with van der Waals surface area (Å²) < 4.78 is 13.0. The van der Waals surface area contributed by atoms with E-state index in [1.165, 1.54) is 37.8 Å². The molecular formula is C13H19FN2. The van der Waals surface area contributed by atoms with Crippen molar-refractivity contribution >= 4 is 11.4 Å². The second kappa shape index (κ2) is 5.19. The SMILES string of the molecule is Nc1ccc(F)cc1NCCC1CCCC1. The van der Waals surface area contributed by atoms with Crippen molar-refractivity contribution in [3.05, 3.63) is 24.0 Å². The molecule has 0 unspecified atom stereocenters. The van der Waals surface area contributed by atoms with E-state index < -0.39 is 0 Å². The van der Waals surface area contributed by atoms with Crippen LogP contribution >= 0.6 is 0 Å². The fourth-order valence-electron chi connectivity index (χ4n) is 2.39. The maximum Gasteiger partial charge on any atom is 0.125 e. The first-order valence-corrected chi connectivity index (χ1v) is 6.04. The number of nitrogens with two attached hydrogens (primary N) is 1. The zero-order valence-corrected chi connectivity index (χ0v) is 9.51. The first-order chi connectivity index (χ1) is 7.75. The zero-order chi connectivity index (χ0) is 11.4. The summed E-state index contributed by atoms with van der Waals surface area (Å²) in [4.78, 5) is 0. The van der Waals surface area contributed by atoms with Crippen LogP contribution in [0.2, 0.25) is 0 Å². The van der Waals surface area contributed by atoms with E-state index >= 15 is 0 Å². The summed E-state index contributed by atoms with van der Waals surface area (Å²) in [6.45, 7) is 0.887. The van der Waals surface area contributed by atoms with Gasteiger partial charge in [-0.2, -0.15) is 0 Å². The van der Waals surface area contributed by atoms with Gasteiger partial charge < -0.3 is 11.1 Å². The lowest BCUT2D eigenvalue weighted by atomic mass is 10.0. The summed E-state index contributed by atoms with van der Waals surface area (Å²) in [5.74, 6) is 0.611. The Hall–Kier alpha value is -1.25. The molecule has 1 saturated carbocycles. The van der Waals surface area contributed by atoms with Gasteiger partial charge in [0.05, 0.1) is 11.4 Å². The summed E-state index contributed by atoms with van der Waals surface area (Å²) >= 11 is 0. The molecular weight excluding hydrogens is 203 g/mol. The molecule has 16 heavy (non-hydrogen) atoms. The number of halogens is 1. The van der Waals surface area contributed by atoms with Crippen LogP contribution in [-0.4, -0.2) is 6.54 Å². The van der Waals surface area contributed by atoms with Crippen LogP contribution in [0.15, 0.2) is 18.2 Å². The van der Waals surface area contributed by atoms with E-state index in [1.807, 2.05) is 0 Å². The van der Waals surface area contributed by atoms with E-state index in [9.17, 15) is 4.39 Å². The van der Waals surface area contributed by atoms with E-state index in [0.717, 1.165) is 24.6 Å². The van der Waals surface area contributed by atoms with Crippen molar-refractivity contribution in [3.63, 3.8) is 0 Å². The third-order valence-corrected chi connectivity index (χ3v) is 3.36. The summed E-state index contributed by atoms with van der Waals surface area (Å²) in [6.07, 6.45) is 6.59. The Kier molecular flexibility index (Phi) is 3.65. The molecule has 88 valence electrons. The molecule has 0 bridgehead atoms. The van der Waals surface area contributed by atoms with E-state index in [0.29, 0.717) is 5.69 Å². The molecule has 3 heteroatoms. The van der Waals surface area contributed by atoms with E-state index in [-0.39, 0.29) is 5.82 Å². The number of benzene rings is 1. The Labute approximate surface area is 96.0 Å². The minimum Gasteiger partial charge on any atom is -0.397 e. The molecule has 0 amide bonds. The van der Waals surface area contributed by atoms with Gasteiger partial charge in [0.2, 0.25) is 0 Å². The minimum absolute atomic E-state index is 0.238. The maximum atomic E-state index is 13.0. The Morgan fingerprint density at radius 2 is 2.06 bits per heavy atom. The first-order valence-electron chi connectivity index (χ1n) is 6.04. The van der Waals surface area contributed by atoms with Gasteiger partial charge in [-0.05, 0) is 30.5 Å². The molecule has 1 aliphatic carbocycles. The number of hydrogen-bond acceptors (Lipinski definition) is 2. The average molecular weight is 222 g/mol. The van der Waals surface area contributed by atoms with Crippen molar-refractivity contribution in [3.8, 4) is 0 Å². The highest BCUT2D eigenvalue weighted by Gasteiger charge is 2.14. The predicted octanol–water partition coefficient (Wildman–Crippen LogP) is 3.40. The lowest BCUT2D eigenvalue weighted by Crippen LogP contribution is -2.08. The topological polar surface area (TPSA) is 38.0 Å². The van der Waals surface area contributed by atoms with Crippen LogP contribution in [-0.2, 0) is 0 Å². The average Bonchev–Trinajstić information content (AvgIpc) is 2.76. The molecule has 0 atom stereocenters. The Bertz CT molecular complexity index is 346. The third-order valence-electron chi connectivity index (χ3n) is 3.36. The largest absolute Gasteiger partial charge is 0.397 e. The summed E-state index contributed by atoms with van der Waals surface area (Å²) in [6, 6.07) is 4.45. The molecule has 0 heterocycles. The molecule has 2 nitrogen and oxygen atoms in total. The van der Waals surface area contributed by atoms with Crippen LogP contribution in [0.25, 0.3) is 0 Å². The molecule has 0 radical (unpaired) electrons. The molecule has 1 fully saturated rings. The number of rotatable bonds is 4. The molecule has 2 rings (SSSR count). The summed E-state index contributed by atoms with van der Waals surface area (Å²) in [5, 5.41) is 3.22. The lowest BCUT2D eigenvalue weighted by molar-refractivity contribution is 0.518. The monoisotopic (exact) mass is 222 g/mol. The standard InChI is InChI=1S/C13H19FN2/c14-11-5-6-12(15)13(9-11)16-8-7-10-3-1-2-4-10/h5-6,9-10,16H,1-4,7-8,15H2. The number of nitrogen functional groups attached to an aromatic ring is 1. The smallest absolute Gasteiger partial charge is 0.125 e. The molecule has 3 N–H and O–H groups in total. The van der Waals surface area contributed by atoms with Crippen LogP contribution in [0, 0.1) is 11.7 Å². The second-order valence-electron chi connectivity index (χ2n) is 4.60. The quantitative estimate of drug-likeness (QED) is 0.766. The fourth-order valence-corrected chi connectivity index (χ4v) is 2.39. The summed E-state index contributed by atoms with van der Waals surface area (Å²) in [5.41, 5.74) is 7.09. The van der Waals surface area contributed by atoms with Crippen LogP contribution in [0.3, 0.4) is 0 Å². The van der Waals surface area contributed by atoms with E-state index in [4.69, 9.17) is 5.73 Å². The van der Waals surface area contributed by atoms with E-state index in [2.05, 4.69) is 5.32 Å². The Morgan fingerprint density at radius 1 is 1.31 bits per heavy atom. The Morgan fingerprint density at radius 3 is 2.81 bits per heavy atom.